The Labute approximate surface area is 163 Å². The van der Waals surface area contributed by atoms with E-state index in [2.05, 4.69) is 10.5 Å². The van der Waals surface area contributed by atoms with Crippen LogP contribution in [0.5, 0.6) is 0 Å². The van der Waals surface area contributed by atoms with E-state index in [1.807, 2.05) is 0 Å². The lowest BCUT2D eigenvalue weighted by molar-refractivity contribution is -0.115. The summed E-state index contributed by atoms with van der Waals surface area (Å²) in [6.45, 7) is 4.38. The first kappa shape index (κ1) is 20.0. The molecule has 10 heteroatoms. The third-order valence-electron chi connectivity index (χ3n) is 4.46. The van der Waals surface area contributed by atoms with Gasteiger partial charge in [-0.3, -0.25) is 9.59 Å². The number of rotatable bonds is 5. The molecule has 0 unspecified atom stereocenters. The van der Waals surface area contributed by atoms with Crippen LogP contribution in [0, 0.1) is 6.92 Å². The standard InChI is InChI=1S/C18H22N4O5S/c1-3-17(23)19-14-4-6-15(7-5-14)28(25,26)22-10-8-21(9-11-22)18(24)16-12-13(2)20-27-16/h4-7,12H,3,8-11H2,1-2H3,(H,19,23). The molecule has 0 spiro atoms. The van der Waals surface area contributed by atoms with Crippen molar-refractivity contribution in [1.82, 2.24) is 14.4 Å². The van der Waals surface area contributed by atoms with Crippen LogP contribution < -0.4 is 5.32 Å². The first-order valence-corrected chi connectivity index (χ1v) is 10.4. The molecule has 1 saturated heterocycles. The predicted octanol–water partition coefficient (Wildman–Crippen LogP) is 1.48. The number of hydrogen-bond acceptors (Lipinski definition) is 6. The fourth-order valence-electron chi connectivity index (χ4n) is 2.86. The third-order valence-corrected chi connectivity index (χ3v) is 6.37. The highest BCUT2D eigenvalue weighted by atomic mass is 32.2. The second kappa shape index (κ2) is 8.11. The predicted molar refractivity (Wildman–Crippen MR) is 101 cm³/mol. The molecule has 2 amide bonds. The van der Waals surface area contributed by atoms with E-state index in [4.69, 9.17) is 4.52 Å². The SMILES string of the molecule is CCC(=O)Nc1ccc(S(=O)(=O)N2CCN(C(=O)c3cc(C)no3)CC2)cc1. The maximum Gasteiger partial charge on any atom is 0.292 e. The Morgan fingerprint density at radius 2 is 1.79 bits per heavy atom. The number of carbonyl (C=O) groups excluding carboxylic acids is 2. The Morgan fingerprint density at radius 1 is 1.14 bits per heavy atom. The summed E-state index contributed by atoms with van der Waals surface area (Å²) in [4.78, 5) is 25.5. The lowest BCUT2D eigenvalue weighted by Gasteiger charge is -2.33. The minimum Gasteiger partial charge on any atom is -0.351 e. The maximum atomic E-state index is 12.8. The first-order chi connectivity index (χ1) is 13.3. The van der Waals surface area contributed by atoms with E-state index in [0.717, 1.165) is 0 Å². The smallest absolute Gasteiger partial charge is 0.292 e. The summed E-state index contributed by atoms with van der Waals surface area (Å²) < 4.78 is 32.0. The van der Waals surface area contributed by atoms with Gasteiger partial charge in [-0.25, -0.2) is 8.42 Å². The van der Waals surface area contributed by atoms with Crippen LogP contribution in [0.15, 0.2) is 39.8 Å². The summed E-state index contributed by atoms with van der Waals surface area (Å²) in [6, 6.07) is 7.62. The van der Waals surface area contributed by atoms with Crippen LogP contribution in [0.2, 0.25) is 0 Å². The largest absolute Gasteiger partial charge is 0.351 e. The number of aryl methyl sites for hydroxylation is 1. The van der Waals surface area contributed by atoms with Gasteiger partial charge in [0.25, 0.3) is 5.91 Å². The van der Waals surface area contributed by atoms with Gasteiger partial charge in [0, 0.05) is 44.4 Å². The number of carbonyl (C=O) groups is 2. The molecule has 0 radical (unpaired) electrons. The summed E-state index contributed by atoms with van der Waals surface area (Å²) in [5.41, 5.74) is 1.16. The van der Waals surface area contributed by atoms with Crippen LogP contribution in [-0.4, -0.2) is 60.8 Å². The van der Waals surface area contributed by atoms with E-state index < -0.39 is 10.0 Å². The van der Waals surface area contributed by atoms with Crippen LogP contribution in [0.3, 0.4) is 0 Å². The Hall–Kier alpha value is -2.72. The Balaban J connectivity index is 1.64. The zero-order valence-corrected chi connectivity index (χ0v) is 16.5. The van der Waals surface area contributed by atoms with E-state index in [9.17, 15) is 18.0 Å². The summed E-state index contributed by atoms with van der Waals surface area (Å²) >= 11 is 0. The zero-order chi connectivity index (χ0) is 20.3. The van der Waals surface area contributed by atoms with Gasteiger partial charge in [-0.2, -0.15) is 4.31 Å². The molecule has 1 aromatic heterocycles. The van der Waals surface area contributed by atoms with Gasteiger partial charge < -0.3 is 14.7 Å². The fourth-order valence-corrected chi connectivity index (χ4v) is 4.28. The number of nitrogens with zero attached hydrogens (tertiary/aromatic N) is 3. The Bertz CT molecular complexity index is 960. The zero-order valence-electron chi connectivity index (χ0n) is 15.7. The van der Waals surface area contributed by atoms with Gasteiger partial charge in [-0.15, -0.1) is 0 Å². The summed E-state index contributed by atoms with van der Waals surface area (Å²) in [7, 11) is -3.68. The van der Waals surface area contributed by atoms with Crippen LogP contribution in [-0.2, 0) is 14.8 Å². The number of amides is 2. The van der Waals surface area contributed by atoms with Crippen LogP contribution in [0.1, 0.15) is 29.6 Å². The number of nitrogens with one attached hydrogen (secondary N) is 1. The van der Waals surface area contributed by atoms with Gasteiger partial charge in [0.15, 0.2) is 0 Å². The van der Waals surface area contributed by atoms with Gasteiger partial charge in [0.05, 0.1) is 10.6 Å². The topological polar surface area (TPSA) is 113 Å². The molecule has 0 saturated carbocycles. The fraction of sp³-hybridized carbons (Fsp3) is 0.389. The monoisotopic (exact) mass is 406 g/mol. The number of hydrogen-bond donors (Lipinski definition) is 1. The summed E-state index contributed by atoms with van der Waals surface area (Å²) in [5, 5.41) is 6.38. The lowest BCUT2D eigenvalue weighted by atomic mass is 10.3. The van der Waals surface area contributed by atoms with E-state index in [-0.39, 0.29) is 48.6 Å². The molecule has 2 aromatic rings. The average Bonchev–Trinajstić information content (AvgIpc) is 3.14. The van der Waals surface area contributed by atoms with Gasteiger partial charge in [0.2, 0.25) is 21.7 Å². The van der Waals surface area contributed by atoms with Crippen molar-refractivity contribution in [2.24, 2.45) is 0 Å². The van der Waals surface area contributed by atoms with Crippen molar-refractivity contribution in [3.05, 3.63) is 41.8 Å². The quantitative estimate of drug-likeness (QED) is 0.805. The molecule has 0 aliphatic carbocycles. The average molecular weight is 406 g/mol. The van der Waals surface area contributed by atoms with Crippen molar-refractivity contribution >= 4 is 27.5 Å². The van der Waals surface area contributed by atoms with Crippen molar-refractivity contribution in [3.63, 3.8) is 0 Å². The molecule has 1 aromatic carbocycles. The lowest BCUT2D eigenvalue weighted by Crippen LogP contribution is -2.50. The second-order valence-corrected chi connectivity index (χ2v) is 8.39. The van der Waals surface area contributed by atoms with Crippen LogP contribution in [0.4, 0.5) is 5.69 Å². The molecule has 0 bridgehead atoms. The first-order valence-electron chi connectivity index (χ1n) is 8.94. The van der Waals surface area contributed by atoms with Gasteiger partial charge >= 0.3 is 0 Å². The molecule has 3 rings (SSSR count). The Kier molecular flexibility index (Phi) is 5.80. The molecule has 150 valence electrons. The van der Waals surface area contributed by atoms with Crippen molar-refractivity contribution in [1.29, 1.82) is 0 Å². The van der Waals surface area contributed by atoms with Crippen LogP contribution >= 0.6 is 0 Å². The Morgan fingerprint density at radius 3 is 2.32 bits per heavy atom. The van der Waals surface area contributed by atoms with Crippen molar-refractivity contribution < 1.29 is 22.5 Å². The van der Waals surface area contributed by atoms with E-state index in [1.165, 1.54) is 16.4 Å². The number of piperazine rings is 1. The summed E-state index contributed by atoms with van der Waals surface area (Å²) in [5.74, 6) is -0.287. The van der Waals surface area contributed by atoms with E-state index in [1.54, 1.807) is 36.9 Å². The number of sulfonamides is 1. The highest BCUT2D eigenvalue weighted by Crippen LogP contribution is 2.20. The molecule has 0 atom stereocenters. The van der Waals surface area contributed by atoms with Gasteiger partial charge in [0.1, 0.15) is 0 Å². The highest BCUT2D eigenvalue weighted by molar-refractivity contribution is 7.89. The summed E-state index contributed by atoms with van der Waals surface area (Å²) in [6.07, 6.45) is 0.344. The normalized spacial score (nSPS) is 15.4. The van der Waals surface area contributed by atoms with E-state index in [0.29, 0.717) is 17.8 Å². The molecule has 28 heavy (non-hydrogen) atoms. The molecule has 1 N–H and O–H groups in total. The number of aromatic nitrogens is 1. The molecule has 9 nitrogen and oxygen atoms in total. The van der Waals surface area contributed by atoms with Crippen molar-refractivity contribution in [2.45, 2.75) is 25.2 Å². The molecule has 2 heterocycles. The van der Waals surface area contributed by atoms with Gasteiger partial charge in [-0.05, 0) is 31.2 Å². The number of anilines is 1. The highest BCUT2D eigenvalue weighted by Gasteiger charge is 2.31. The minimum absolute atomic E-state index is 0.140. The van der Waals surface area contributed by atoms with Crippen molar-refractivity contribution in [2.75, 3.05) is 31.5 Å². The molecule has 1 aliphatic rings. The second-order valence-electron chi connectivity index (χ2n) is 6.45. The molecule has 1 fully saturated rings. The number of benzene rings is 1. The maximum absolute atomic E-state index is 12.8. The molecule has 1 aliphatic heterocycles. The minimum atomic E-state index is -3.68. The van der Waals surface area contributed by atoms with Gasteiger partial charge in [-0.1, -0.05) is 12.1 Å². The molecular formula is C18H22N4O5S. The molecular weight excluding hydrogens is 384 g/mol. The third kappa shape index (κ3) is 4.23. The van der Waals surface area contributed by atoms with E-state index >= 15 is 0 Å². The van der Waals surface area contributed by atoms with Crippen LogP contribution in [0.25, 0.3) is 0 Å². The van der Waals surface area contributed by atoms with Crippen molar-refractivity contribution in [3.8, 4) is 0 Å².